The molecular weight excluding hydrogens is 356 g/mol. The van der Waals surface area contributed by atoms with E-state index in [1.165, 1.54) is 11.1 Å². The minimum Gasteiger partial charge on any atom is -0.480 e. The molecule has 0 aliphatic carbocycles. The summed E-state index contributed by atoms with van der Waals surface area (Å²) in [5.41, 5.74) is 2.45. The summed E-state index contributed by atoms with van der Waals surface area (Å²) < 4.78 is 0. The van der Waals surface area contributed by atoms with E-state index >= 15 is 0 Å². The van der Waals surface area contributed by atoms with Gasteiger partial charge in [0.1, 0.15) is 12.1 Å². The molecule has 0 spiro atoms. The van der Waals surface area contributed by atoms with Crippen molar-refractivity contribution in [2.45, 2.75) is 36.8 Å². The maximum absolute atomic E-state index is 10.7. The number of benzene rings is 2. The lowest BCUT2D eigenvalue weighted by Gasteiger charge is -2.07. The topological polar surface area (TPSA) is 98.7 Å². The fourth-order valence-corrected chi connectivity index (χ4v) is 3.81. The molecule has 0 radical (unpaired) electrons. The van der Waals surface area contributed by atoms with Crippen LogP contribution >= 0.6 is 0 Å². The lowest BCUT2D eigenvalue weighted by molar-refractivity contribution is -0.140. The molecule has 2 saturated heterocycles. The lowest BCUT2D eigenvalue weighted by atomic mass is 9.96. The highest BCUT2D eigenvalue weighted by molar-refractivity contribution is 5.74. The molecule has 0 amide bonds. The van der Waals surface area contributed by atoms with Crippen molar-refractivity contribution in [3.63, 3.8) is 0 Å². The van der Waals surface area contributed by atoms with E-state index < -0.39 is 11.9 Å². The van der Waals surface area contributed by atoms with Gasteiger partial charge in [-0.2, -0.15) is 0 Å². The van der Waals surface area contributed by atoms with Crippen LogP contribution in [0, 0.1) is 0 Å². The van der Waals surface area contributed by atoms with Gasteiger partial charge in [-0.1, -0.05) is 60.7 Å². The number of hydrogen-bond acceptors (Lipinski definition) is 4. The molecule has 148 valence electrons. The van der Waals surface area contributed by atoms with E-state index in [2.05, 4.69) is 34.9 Å². The monoisotopic (exact) mass is 382 g/mol. The van der Waals surface area contributed by atoms with Crippen LogP contribution in [0.1, 0.15) is 35.8 Å². The molecule has 0 unspecified atom stereocenters. The Labute approximate surface area is 164 Å². The zero-order valence-corrected chi connectivity index (χ0v) is 15.6. The highest BCUT2D eigenvalue weighted by atomic mass is 16.4. The van der Waals surface area contributed by atoms with E-state index in [4.69, 9.17) is 10.2 Å². The molecule has 2 aliphatic heterocycles. The molecule has 2 aliphatic rings. The number of aliphatic carboxylic acids is 2. The van der Waals surface area contributed by atoms with Crippen LogP contribution in [0.4, 0.5) is 0 Å². The Morgan fingerprint density at radius 2 is 1.04 bits per heavy atom. The SMILES string of the molecule is O=C(O)[C@@H]1C[C@@H](c2ccccc2)CN1.O=C(O)[C@@H]1C[C@H](c2ccccc2)CN1. The maximum atomic E-state index is 10.7. The zero-order chi connectivity index (χ0) is 19.9. The molecule has 6 nitrogen and oxygen atoms in total. The van der Waals surface area contributed by atoms with Gasteiger partial charge < -0.3 is 20.8 Å². The molecule has 2 aromatic rings. The van der Waals surface area contributed by atoms with Gasteiger partial charge in [-0.3, -0.25) is 9.59 Å². The number of nitrogens with one attached hydrogen (secondary N) is 2. The first-order valence-corrected chi connectivity index (χ1v) is 9.57. The fraction of sp³-hybridized carbons (Fsp3) is 0.364. The molecule has 6 heteroatoms. The van der Waals surface area contributed by atoms with Crippen molar-refractivity contribution in [2.24, 2.45) is 0 Å². The normalized spacial score (nSPS) is 26.3. The van der Waals surface area contributed by atoms with Crippen molar-refractivity contribution < 1.29 is 19.8 Å². The first-order valence-electron chi connectivity index (χ1n) is 9.57. The number of carboxylic acids is 2. The van der Waals surface area contributed by atoms with Crippen molar-refractivity contribution in [2.75, 3.05) is 13.1 Å². The highest BCUT2D eigenvalue weighted by Gasteiger charge is 2.30. The van der Waals surface area contributed by atoms with E-state index in [1.807, 2.05) is 36.4 Å². The maximum Gasteiger partial charge on any atom is 0.320 e. The van der Waals surface area contributed by atoms with Gasteiger partial charge in [0.05, 0.1) is 0 Å². The predicted molar refractivity (Wildman–Crippen MR) is 106 cm³/mol. The van der Waals surface area contributed by atoms with E-state index in [9.17, 15) is 9.59 Å². The summed E-state index contributed by atoms with van der Waals surface area (Å²) >= 11 is 0. The summed E-state index contributed by atoms with van der Waals surface area (Å²) in [6, 6.07) is 19.4. The van der Waals surface area contributed by atoms with Crippen LogP contribution < -0.4 is 10.6 Å². The Hall–Kier alpha value is -2.70. The van der Waals surface area contributed by atoms with Crippen LogP contribution in [0.2, 0.25) is 0 Å². The molecule has 0 bridgehead atoms. The average molecular weight is 382 g/mol. The predicted octanol–water partition coefficient (Wildman–Crippen LogP) is 2.43. The van der Waals surface area contributed by atoms with Crippen LogP contribution in [-0.2, 0) is 9.59 Å². The van der Waals surface area contributed by atoms with Crippen LogP contribution in [0.15, 0.2) is 60.7 Å². The molecule has 28 heavy (non-hydrogen) atoms. The molecular formula is C22H26N2O4. The fourth-order valence-electron chi connectivity index (χ4n) is 3.81. The number of carbonyl (C=O) groups is 2. The van der Waals surface area contributed by atoms with E-state index in [-0.39, 0.29) is 12.1 Å². The zero-order valence-electron chi connectivity index (χ0n) is 15.6. The smallest absolute Gasteiger partial charge is 0.320 e. The van der Waals surface area contributed by atoms with Crippen molar-refractivity contribution >= 4 is 11.9 Å². The Kier molecular flexibility index (Phi) is 6.79. The van der Waals surface area contributed by atoms with Gasteiger partial charge in [0.15, 0.2) is 0 Å². The summed E-state index contributed by atoms with van der Waals surface area (Å²) in [5, 5.41) is 23.6. The largest absolute Gasteiger partial charge is 0.480 e. The Morgan fingerprint density at radius 3 is 1.32 bits per heavy atom. The van der Waals surface area contributed by atoms with Crippen molar-refractivity contribution in [1.29, 1.82) is 0 Å². The minimum atomic E-state index is -0.747. The third-order valence-corrected chi connectivity index (χ3v) is 5.40. The second kappa shape index (κ2) is 9.48. The molecule has 2 aromatic carbocycles. The Bertz CT molecular complexity index is 714. The van der Waals surface area contributed by atoms with Crippen LogP contribution in [0.3, 0.4) is 0 Å². The standard InChI is InChI=1S/2C11H13NO2/c2*13-11(14)10-6-9(7-12-10)8-4-2-1-3-5-8/h2*1-5,9-10,12H,6-7H2,(H,13,14)/t9-,10+;9-,10-/m10/s1. The Morgan fingerprint density at radius 1 is 0.679 bits per heavy atom. The summed E-state index contributed by atoms with van der Waals surface area (Å²) in [6.07, 6.45) is 1.39. The molecule has 0 aromatic heterocycles. The molecule has 2 heterocycles. The molecule has 4 rings (SSSR count). The lowest BCUT2D eigenvalue weighted by Crippen LogP contribution is -2.29. The average Bonchev–Trinajstić information content (AvgIpc) is 3.40. The van der Waals surface area contributed by atoms with Crippen molar-refractivity contribution in [3.8, 4) is 0 Å². The van der Waals surface area contributed by atoms with Crippen LogP contribution in [-0.4, -0.2) is 47.3 Å². The van der Waals surface area contributed by atoms with Gasteiger partial charge in [-0.05, 0) is 35.8 Å². The number of rotatable bonds is 4. The second-order valence-electron chi connectivity index (χ2n) is 7.28. The molecule has 0 saturated carbocycles. The number of hydrogen-bond donors (Lipinski definition) is 4. The summed E-state index contributed by atoms with van der Waals surface area (Å²) in [6.45, 7) is 1.53. The summed E-state index contributed by atoms with van der Waals surface area (Å²) in [7, 11) is 0. The van der Waals surface area contributed by atoms with Gasteiger partial charge in [-0.25, -0.2) is 0 Å². The summed E-state index contributed by atoms with van der Waals surface area (Å²) in [4.78, 5) is 21.4. The summed E-state index contributed by atoms with van der Waals surface area (Å²) in [5.74, 6) is -0.804. The number of carboxylic acid groups (broad SMARTS) is 2. The van der Waals surface area contributed by atoms with Gasteiger partial charge in [0.2, 0.25) is 0 Å². The third-order valence-electron chi connectivity index (χ3n) is 5.40. The highest BCUT2D eigenvalue weighted by Crippen LogP contribution is 2.26. The van der Waals surface area contributed by atoms with E-state index in [0.717, 1.165) is 13.1 Å². The molecule has 2 fully saturated rings. The van der Waals surface area contributed by atoms with Gasteiger partial charge in [-0.15, -0.1) is 0 Å². The first-order chi connectivity index (χ1) is 13.5. The van der Waals surface area contributed by atoms with E-state index in [0.29, 0.717) is 24.7 Å². The first kappa shape index (κ1) is 20.0. The van der Waals surface area contributed by atoms with E-state index in [1.54, 1.807) is 0 Å². The van der Waals surface area contributed by atoms with Crippen molar-refractivity contribution in [3.05, 3.63) is 71.8 Å². The third kappa shape index (κ3) is 5.18. The van der Waals surface area contributed by atoms with Gasteiger partial charge in [0.25, 0.3) is 0 Å². The second-order valence-corrected chi connectivity index (χ2v) is 7.28. The molecule has 4 atom stereocenters. The Balaban J connectivity index is 0.000000161. The molecule has 4 N–H and O–H groups in total. The van der Waals surface area contributed by atoms with Gasteiger partial charge in [0, 0.05) is 13.1 Å². The van der Waals surface area contributed by atoms with Gasteiger partial charge >= 0.3 is 11.9 Å². The van der Waals surface area contributed by atoms with Crippen molar-refractivity contribution in [1.82, 2.24) is 10.6 Å². The van der Waals surface area contributed by atoms with Crippen LogP contribution in [0.25, 0.3) is 0 Å². The minimum absolute atomic E-state index is 0.345. The van der Waals surface area contributed by atoms with Crippen LogP contribution in [0.5, 0.6) is 0 Å². The quantitative estimate of drug-likeness (QED) is 0.648.